The van der Waals surface area contributed by atoms with E-state index in [0.29, 0.717) is 6.04 Å². The molecule has 98 valence electrons. The zero-order chi connectivity index (χ0) is 12.5. The van der Waals surface area contributed by atoms with Gasteiger partial charge in [0.05, 0.1) is 0 Å². The van der Waals surface area contributed by atoms with Crippen molar-refractivity contribution in [3.63, 3.8) is 0 Å². The van der Waals surface area contributed by atoms with E-state index >= 15 is 0 Å². The third-order valence-electron chi connectivity index (χ3n) is 4.39. The SMILES string of the molecule is CN1CCc2cc(CC3CNCCN3C)ccc21. The molecule has 0 saturated carbocycles. The predicted molar refractivity (Wildman–Crippen MR) is 76.4 cm³/mol. The summed E-state index contributed by atoms with van der Waals surface area (Å²) in [7, 11) is 4.43. The predicted octanol–water partition coefficient (Wildman–Crippen LogP) is 1.13. The van der Waals surface area contributed by atoms with Crippen LogP contribution in [0.3, 0.4) is 0 Å². The molecule has 1 aromatic carbocycles. The first-order chi connectivity index (χ1) is 8.74. The van der Waals surface area contributed by atoms with Crippen molar-refractivity contribution in [1.29, 1.82) is 0 Å². The van der Waals surface area contributed by atoms with Gasteiger partial charge in [0.25, 0.3) is 0 Å². The average molecular weight is 245 g/mol. The highest BCUT2D eigenvalue weighted by molar-refractivity contribution is 5.58. The van der Waals surface area contributed by atoms with Crippen LogP contribution in [0.25, 0.3) is 0 Å². The fourth-order valence-electron chi connectivity index (χ4n) is 3.11. The maximum atomic E-state index is 3.49. The second kappa shape index (κ2) is 4.90. The molecule has 0 spiro atoms. The van der Waals surface area contributed by atoms with Crippen LogP contribution in [0, 0.1) is 0 Å². The molecule has 3 nitrogen and oxygen atoms in total. The molecular weight excluding hydrogens is 222 g/mol. The summed E-state index contributed by atoms with van der Waals surface area (Å²) in [6, 6.07) is 7.68. The lowest BCUT2D eigenvalue weighted by Gasteiger charge is -2.33. The van der Waals surface area contributed by atoms with Crippen molar-refractivity contribution in [3.8, 4) is 0 Å². The lowest BCUT2D eigenvalue weighted by Crippen LogP contribution is -2.50. The number of nitrogens with zero attached hydrogens (tertiary/aromatic N) is 2. The second-order valence-corrected chi connectivity index (χ2v) is 5.68. The molecule has 1 atom stereocenters. The molecule has 0 amide bonds. The second-order valence-electron chi connectivity index (χ2n) is 5.68. The topological polar surface area (TPSA) is 18.5 Å². The molecule has 18 heavy (non-hydrogen) atoms. The van der Waals surface area contributed by atoms with Crippen LogP contribution in [0.5, 0.6) is 0 Å². The summed E-state index contributed by atoms with van der Waals surface area (Å²) >= 11 is 0. The summed E-state index contributed by atoms with van der Waals surface area (Å²) in [6.07, 6.45) is 2.37. The zero-order valence-electron chi connectivity index (χ0n) is 11.4. The summed E-state index contributed by atoms with van der Waals surface area (Å²) in [5, 5.41) is 3.49. The largest absolute Gasteiger partial charge is 0.374 e. The van der Waals surface area contributed by atoms with Gasteiger partial charge in [-0.3, -0.25) is 0 Å². The first kappa shape index (κ1) is 12.0. The number of benzene rings is 1. The number of hydrogen-bond donors (Lipinski definition) is 1. The molecule has 0 aliphatic carbocycles. The minimum atomic E-state index is 0.649. The summed E-state index contributed by atoms with van der Waals surface area (Å²) in [5.74, 6) is 0. The van der Waals surface area contributed by atoms with Gasteiger partial charge < -0.3 is 15.1 Å². The lowest BCUT2D eigenvalue weighted by atomic mass is 10.0. The van der Waals surface area contributed by atoms with Crippen molar-refractivity contribution in [2.45, 2.75) is 18.9 Å². The van der Waals surface area contributed by atoms with Crippen LogP contribution in [-0.2, 0) is 12.8 Å². The van der Waals surface area contributed by atoms with E-state index in [1.54, 1.807) is 0 Å². The van der Waals surface area contributed by atoms with Gasteiger partial charge in [0.1, 0.15) is 0 Å². The molecule has 1 unspecified atom stereocenters. The van der Waals surface area contributed by atoms with E-state index in [9.17, 15) is 0 Å². The lowest BCUT2D eigenvalue weighted by molar-refractivity contribution is 0.199. The van der Waals surface area contributed by atoms with E-state index in [-0.39, 0.29) is 0 Å². The van der Waals surface area contributed by atoms with Crippen molar-refractivity contribution in [1.82, 2.24) is 10.2 Å². The van der Waals surface area contributed by atoms with E-state index < -0.39 is 0 Å². The Morgan fingerprint density at radius 3 is 3.00 bits per heavy atom. The highest BCUT2D eigenvalue weighted by atomic mass is 15.2. The van der Waals surface area contributed by atoms with Crippen LogP contribution >= 0.6 is 0 Å². The Labute approximate surface area is 110 Å². The van der Waals surface area contributed by atoms with Gasteiger partial charge in [-0.25, -0.2) is 0 Å². The standard InChI is InChI=1S/C15H23N3/c1-17-8-6-16-11-14(17)10-12-3-4-15-13(9-12)5-7-18(15)2/h3-4,9,14,16H,5-8,10-11H2,1-2H3. The summed E-state index contributed by atoms with van der Waals surface area (Å²) < 4.78 is 0. The van der Waals surface area contributed by atoms with Crippen LogP contribution in [0.4, 0.5) is 5.69 Å². The van der Waals surface area contributed by atoms with Crippen LogP contribution in [-0.4, -0.2) is 51.2 Å². The van der Waals surface area contributed by atoms with Crippen molar-refractivity contribution in [2.75, 3.05) is 45.2 Å². The Morgan fingerprint density at radius 2 is 2.17 bits per heavy atom. The Hall–Kier alpha value is -1.06. The molecule has 2 heterocycles. The van der Waals surface area contributed by atoms with Crippen molar-refractivity contribution >= 4 is 5.69 Å². The van der Waals surface area contributed by atoms with Crippen molar-refractivity contribution in [3.05, 3.63) is 29.3 Å². The summed E-state index contributed by atoms with van der Waals surface area (Å²) in [5.41, 5.74) is 4.44. The molecule has 3 heteroatoms. The Balaban J connectivity index is 1.73. The molecular formula is C15H23N3. The van der Waals surface area contributed by atoms with E-state index in [4.69, 9.17) is 0 Å². The van der Waals surface area contributed by atoms with Gasteiger partial charge in [-0.1, -0.05) is 12.1 Å². The van der Waals surface area contributed by atoms with Gasteiger partial charge >= 0.3 is 0 Å². The maximum Gasteiger partial charge on any atom is 0.0397 e. The van der Waals surface area contributed by atoms with Crippen LogP contribution in [0.1, 0.15) is 11.1 Å². The fraction of sp³-hybridized carbons (Fsp3) is 0.600. The number of likely N-dealkylation sites (N-methyl/N-ethyl adjacent to an activating group) is 2. The van der Waals surface area contributed by atoms with Crippen molar-refractivity contribution in [2.24, 2.45) is 0 Å². The number of piperazine rings is 1. The summed E-state index contributed by atoms with van der Waals surface area (Å²) in [6.45, 7) is 4.58. The molecule has 1 fully saturated rings. The molecule has 2 aliphatic rings. The number of hydrogen-bond acceptors (Lipinski definition) is 3. The average Bonchev–Trinajstić information content (AvgIpc) is 2.74. The minimum absolute atomic E-state index is 0.649. The van der Waals surface area contributed by atoms with Crippen LogP contribution < -0.4 is 10.2 Å². The van der Waals surface area contributed by atoms with E-state index in [1.165, 1.54) is 42.7 Å². The first-order valence-corrected chi connectivity index (χ1v) is 6.98. The number of anilines is 1. The molecule has 0 radical (unpaired) electrons. The number of nitrogens with one attached hydrogen (secondary N) is 1. The Bertz CT molecular complexity index is 430. The zero-order valence-corrected chi connectivity index (χ0v) is 11.4. The quantitative estimate of drug-likeness (QED) is 0.842. The van der Waals surface area contributed by atoms with Gasteiger partial charge in [0.2, 0.25) is 0 Å². The third-order valence-corrected chi connectivity index (χ3v) is 4.39. The smallest absolute Gasteiger partial charge is 0.0397 e. The highest BCUT2D eigenvalue weighted by Crippen LogP contribution is 2.28. The maximum absolute atomic E-state index is 3.49. The van der Waals surface area contributed by atoms with Gasteiger partial charge in [0.15, 0.2) is 0 Å². The highest BCUT2D eigenvalue weighted by Gasteiger charge is 2.20. The number of fused-ring (bicyclic) bond motifs is 1. The fourth-order valence-corrected chi connectivity index (χ4v) is 3.11. The number of rotatable bonds is 2. The van der Waals surface area contributed by atoms with Crippen LogP contribution in [0.2, 0.25) is 0 Å². The van der Waals surface area contributed by atoms with Gasteiger partial charge in [0, 0.05) is 45.0 Å². The van der Waals surface area contributed by atoms with Gasteiger partial charge in [-0.15, -0.1) is 0 Å². The van der Waals surface area contributed by atoms with E-state index in [2.05, 4.69) is 47.4 Å². The molecule has 1 saturated heterocycles. The third kappa shape index (κ3) is 2.25. The molecule has 2 aliphatic heterocycles. The van der Waals surface area contributed by atoms with Crippen LogP contribution in [0.15, 0.2) is 18.2 Å². The van der Waals surface area contributed by atoms with E-state index in [1.807, 2.05) is 0 Å². The van der Waals surface area contributed by atoms with E-state index in [0.717, 1.165) is 13.1 Å². The first-order valence-electron chi connectivity index (χ1n) is 6.98. The Morgan fingerprint density at radius 1 is 1.28 bits per heavy atom. The summed E-state index contributed by atoms with van der Waals surface area (Å²) in [4.78, 5) is 4.84. The van der Waals surface area contributed by atoms with Gasteiger partial charge in [-0.05, 0) is 37.1 Å². The molecule has 3 rings (SSSR count). The normalized spacial score (nSPS) is 24.3. The van der Waals surface area contributed by atoms with Gasteiger partial charge in [-0.2, -0.15) is 0 Å². The monoisotopic (exact) mass is 245 g/mol. The molecule has 1 aromatic rings. The molecule has 0 bridgehead atoms. The minimum Gasteiger partial charge on any atom is -0.374 e. The van der Waals surface area contributed by atoms with Crippen molar-refractivity contribution < 1.29 is 0 Å². The molecule has 0 aromatic heterocycles. The molecule has 1 N–H and O–H groups in total. The Kier molecular flexibility index (Phi) is 3.27.